The Hall–Kier alpha value is -1.33. The maximum Gasteiger partial charge on any atom is 0.149 e. The van der Waals surface area contributed by atoms with Crippen LogP contribution in [0.5, 0.6) is 0 Å². The maximum atomic E-state index is 9.77. The van der Waals surface area contributed by atoms with Gasteiger partial charge in [-0.25, -0.2) is 0 Å². The minimum Gasteiger partial charge on any atom is -0.374 e. The molecule has 1 aromatic heterocycles. The lowest BCUT2D eigenvalue weighted by molar-refractivity contribution is 0.121. The average molecular weight is 161 g/mol. The van der Waals surface area contributed by atoms with E-state index in [9.17, 15) is 5.11 Å². The molecule has 0 amide bonds. The van der Waals surface area contributed by atoms with E-state index in [2.05, 4.69) is 16.8 Å². The van der Waals surface area contributed by atoms with Gasteiger partial charge >= 0.3 is 0 Å². The van der Waals surface area contributed by atoms with E-state index in [-0.39, 0.29) is 0 Å². The fraction of sp³-hybridized carbons (Fsp3) is 0.300. The Morgan fingerprint density at radius 1 is 1.58 bits per heavy atom. The molecule has 0 aliphatic carbocycles. The lowest BCUT2D eigenvalue weighted by Crippen LogP contribution is -2.18. The second kappa shape index (κ2) is 3.38. The van der Waals surface area contributed by atoms with Crippen LogP contribution in [-0.2, 0) is 5.60 Å². The summed E-state index contributed by atoms with van der Waals surface area (Å²) >= 11 is 0. The van der Waals surface area contributed by atoms with Crippen LogP contribution in [0.2, 0.25) is 0 Å². The Balaban J connectivity index is 3.03. The Morgan fingerprint density at radius 3 is 2.83 bits per heavy atom. The molecule has 62 valence electrons. The van der Waals surface area contributed by atoms with Crippen LogP contribution in [0.15, 0.2) is 24.5 Å². The molecule has 1 unspecified atom stereocenters. The molecule has 1 aromatic rings. The highest BCUT2D eigenvalue weighted by Crippen LogP contribution is 2.17. The summed E-state index contributed by atoms with van der Waals surface area (Å²) in [7, 11) is 0. The smallest absolute Gasteiger partial charge is 0.149 e. The van der Waals surface area contributed by atoms with Gasteiger partial charge in [0, 0.05) is 18.0 Å². The van der Waals surface area contributed by atoms with Crippen molar-refractivity contribution in [2.45, 2.75) is 19.4 Å². The van der Waals surface area contributed by atoms with E-state index in [1.807, 2.05) is 0 Å². The molecule has 0 bridgehead atoms. The third-order valence-electron chi connectivity index (χ3n) is 1.59. The highest BCUT2D eigenvalue weighted by molar-refractivity contribution is 5.27. The summed E-state index contributed by atoms with van der Waals surface area (Å²) in [6, 6.07) is 3.58. The first-order chi connectivity index (χ1) is 5.67. The molecule has 1 rings (SSSR count). The van der Waals surface area contributed by atoms with Gasteiger partial charge in [-0.2, -0.15) is 0 Å². The number of hydrogen-bond acceptors (Lipinski definition) is 2. The highest BCUT2D eigenvalue weighted by Gasteiger charge is 2.19. The van der Waals surface area contributed by atoms with Gasteiger partial charge in [0.1, 0.15) is 5.60 Å². The first-order valence-corrected chi connectivity index (χ1v) is 3.73. The minimum atomic E-state index is -1.08. The Bertz CT molecular complexity index is 306. The monoisotopic (exact) mass is 161 g/mol. The predicted molar refractivity (Wildman–Crippen MR) is 47.3 cm³/mol. The third-order valence-corrected chi connectivity index (χ3v) is 1.59. The summed E-state index contributed by atoms with van der Waals surface area (Å²) in [6.07, 6.45) is 3.28. The van der Waals surface area contributed by atoms with Crippen molar-refractivity contribution < 1.29 is 5.11 Å². The summed E-state index contributed by atoms with van der Waals surface area (Å²) in [5.41, 5.74) is -0.359. The van der Waals surface area contributed by atoms with Crippen LogP contribution in [0.25, 0.3) is 0 Å². The molecule has 1 N–H and O–H groups in total. The van der Waals surface area contributed by atoms with Gasteiger partial charge in [-0.15, -0.1) is 5.92 Å². The fourth-order valence-corrected chi connectivity index (χ4v) is 0.966. The highest BCUT2D eigenvalue weighted by atomic mass is 16.3. The van der Waals surface area contributed by atoms with Crippen molar-refractivity contribution in [3.05, 3.63) is 30.1 Å². The van der Waals surface area contributed by atoms with Crippen LogP contribution in [-0.4, -0.2) is 10.1 Å². The molecule has 12 heavy (non-hydrogen) atoms. The SMILES string of the molecule is CC#CC(C)(O)c1cccnc1. The van der Waals surface area contributed by atoms with Crippen molar-refractivity contribution in [3.8, 4) is 11.8 Å². The number of pyridine rings is 1. The summed E-state index contributed by atoms with van der Waals surface area (Å²) in [5.74, 6) is 5.38. The average Bonchev–Trinajstić information content (AvgIpc) is 2.06. The maximum absolute atomic E-state index is 9.77. The summed E-state index contributed by atoms with van der Waals surface area (Å²) in [5, 5.41) is 9.77. The second-order valence-electron chi connectivity index (χ2n) is 2.69. The zero-order valence-corrected chi connectivity index (χ0v) is 7.20. The van der Waals surface area contributed by atoms with Crippen LogP contribution in [0, 0.1) is 11.8 Å². The normalized spacial score (nSPS) is 14.2. The quantitative estimate of drug-likeness (QED) is 0.630. The van der Waals surface area contributed by atoms with Crippen molar-refractivity contribution in [3.63, 3.8) is 0 Å². The van der Waals surface area contributed by atoms with Crippen molar-refractivity contribution in [1.29, 1.82) is 0 Å². The van der Waals surface area contributed by atoms with Crippen molar-refractivity contribution in [1.82, 2.24) is 4.98 Å². The molecule has 0 saturated heterocycles. The van der Waals surface area contributed by atoms with E-state index in [0.717, 1.165) is 5.56 Å². The molecular weight excluding hydrogens is 150 g/mol. The van der Waals surface area contributed by atoms with Gasteiger partial charge < -0.3 is 5.11 Å². The lowest BCUT2D eigenvalue weighted by Gasteiger charge is -2.15. The van der Waals surface area contributed by atoms with Crippen LogP contribution in [0.1, 0.15) is 19.4 Å². The molecule has 2 heteroatoms. The first-order valence-electron chi connectivity index (χ1n) is 3.73. The van der Waals surface area contributed by atoms with Crippen LogP contribution >= 0.6 is 0 Å². The Labute approximate surface area is 72.3 Å². The van der Waals surface area contributed by atoms with Gasteiger partial charge in [-0.05, 0) is 19.9 Å². The summed E-state index contributed by atoms with van der Waals surface area (Å²) < 4.78 is 0. The molecule has 1 atom stereocenters. The minimum absolute atomic E-state index is 0.722. The zero-order valence-electron chi connectivity index (χ0n) is 7.20. The van der Waals surface area contributed by atoms with E-state index in [0.29, 0.717) is 0 Å². The topological polar surface area (TPSA) is 33.1 Å². The van der Waals surface area contributed by atoms with Crippen LogP contribution in [0.3, 0.4) is 0 Å². The van der Waals surface area contributed by atoms with Gasteiger partial charge in [-0.1, -0.05) is 12.0 Å². The number of hydrogen-bond donors (Lipinski definition) is 1. The van der Waals surface area contributed by atoms with E-state index in [1.165, 1.54) is 0 Å². The van der Waals surface area contributed by atoms with Gasteiger partial charge in [0.15, 0.2) is 0 Å². The zero-order chi connectivity index (χ0) is 9.03. The van der Waals surface area contributed by atoms with E-state index in [4.69, 9.17) is 0 Å². The largest absolute Gasteiger partial charge is 0.374 e. The van der Waals surface area contributed by atoms with Gasteiger partial charge in [-0.3, -0.25) is 4.98 Å². The third kappa shape index (κ3) is 1.84. The van der Waals surface area contributed by atoms with Crippen molar-refractivity contribution in [2.75, 3.05) is 0 Å². The second-order valence-corrected chi connectivity index (χ2v) is 2.69. The summed E-state index contributed by atoms with van der Waals surface area (Å²) in [4.78, 5) is 3.91. The molecule has 2 nitrogen and oxygen atoms in total. The van der Waals surface area contributed by atoms with Crippen LogP contribution in [0.4, 0.5) is 0 Å². The number of nitrogens with zero attached hydrogens (tertiary/aromatic N) is 1. The molecular formula is C10H11NO. The fourth-order valence-electron chi connectivity index (χ4n) is 0.966. The standard InChI is InChI=1S/C10H11NO/c1-3-6-10(2,12)9-5-4-7-11-8-9/h4-5,7-8,12H,1-2H3. The lowest BCUT2D eigenvalue weighted by atomic mass is 9.99. The molecule has 0 spiro atoms. The van der Waals surface area contributed by atoms with E-state index in [1.54, 1.807) is 38.4 Å². The Kier molecular flexibility index (Phi) is 2.47. The number of aliphatic hydroxyl groups is 1. The van der Waals surface area contributed by atoms with Gasteiger partial charge in [0.05, 0.1) is 0 Å². The molecule has 0 aliphatic rings. The molecule has 0 aromatic carbocycles. The summed E-state index contributed by atoms with van der Waals surface area (Å²) in [6.45, 7) is 3.35. The molecule has 0 saturated carbocycles. The Morgan fingerprint density at radius 2 is 2.33 bits per heavy atom. The van der Waals surface area contributed by atoms with E-state index >= 15 is 0 Å². The molecule has 1 heterocycles. The van der Waals surface area contributed by atoms with Crippen molar-refractivity contribution in [2.24, 2.45) is 0 Å². The van der Waals surface area contributed by atoms with Crippen molar-refractivity contribution >= 4 is 0 Å². The number of aromatic nitrogens is 1. The molecule has 0 fully saturated rings. The van der Waals surface area contributed by atoms with E-state index < -0.39 is 5.60 Å². The molecule has 0 radical (unpaired) electrons. The molecule has 0 aliphatic heterocycles. The van der Waals surface area contributed by atoms with Gasteiger partial charge in [0.2, 0.25) is 0 Å². The number of rotatable bonds is 1. The first kappa shape index (κ1) is 8.76. The van der Waals surface area contributed by atoms with Gasteiger partial charge in [0.25, 0.3) is 0 Å². The predicted octanol–water partition coefficient (Wildman–Crippen LogP) is 1.31. The van der Waals surface area contributed by atoms with Crippen LogP contribution < -0.4 is 0 Å².